The molecule has 1 aliphatic heterocycles. The van der Waals surface area contributed by atoms with Crippen LogP contribution in [0.1, 0.15) is 6.92 Å². The molecule has 0 N–H and O–H groups in total. The molecule has 0 aromatic carbocycles. The van der Waals surface area contributed by atoms with Gasteiger partial charge in [-0.05, 0) is 13.0 Å². The van der Waals surface area contributed by atoms with Crippen molar-refractivity contribution in [2.24, 2.45) is 0 Å². The lowest BCUT2D eigenvalue weighted by molar-refractivity contribution is -0.113. The zero-order valence-electron chi connectivity index (χ0n) is 6.84. The van der Waals surface area contributed by atoms with Gasteiger partial charge in [-0.15, -0.1) is 0 Å². The Morgan fingerprint density at radius 1 is 1.67 bits per heavy atom. The van der Waals surface area contributed by atoms with Gasteiger partial charge in [0.1, 0.15) is 5.50 Å². The van der Waals surface area contributed by atoms with E-state index in [9.17, 15) is 4.79 Å². The molecule has 1 unspecified atom stereocenters. The zero-order valence-corrected chi connectivity index (χ0v) is 8.36. The number of nitrogens with zero attached hydrogens (tertiary/aromatic N) is 1. The van der Waals surface area contributed by atoms with Crippen molar-refractivity contribution < 1.29 is 4.79 Å². The number of hydrogen-bond donors (Lipinski definition) is 0. The molecule has 66 valence electrons. The molecule has 4 heteroatoms. The Bertz CT molecular complexity index is 270. The Balaban J connectivity index is 3.05. The third-order valence-corrected chi connectivity index (χ3v) is 2.54. The lowest BCUT2D eigenvalue weighted by atomic mass is 10.1. The number of likely N-dealkylation sites (N-methyl/N-ethyl adjacent to an activating group) is 1. The highest BCUT2D eigenvalue weighted by molar-refractivity contribution is 6.36. The van der Waals surface area contributed by atoms with E-state index in [0.717, 1.165) is 0 Å². The molecule has 0 aromatic rings. The first-order chi connectivity index (χ1) is 5.54. The van der Waals surface area contributed by atoms with E-state index in [1.54, 1.807) is 24.2 Å². The lowest BCUT2D eigenvalue weighted by Gasteiger charge is -2.26. The van der Waals surface area contributed by atoms with Gasteiger partial charge in [-0.25, -0.2) is 0 Å². The van der Waals surface area contributed by atoms with Crippen LogP contribution in [0.15, 0.2) is 22.9 Å². The van der Waals surface area contributed by atoms with Gasteiger partial charge in [-0.2, -0.15) is 0 Å². The summed E-state index contributed by atoms with van der Waals surface area (Å²) in [5.41, 5.74) is 0.0170. The van der Waals surface area contributed by atoms with Crippen LogP contribution in [0.5, 0.6) is 0 Å². The molecule has 0 saturated heterocycles. The van der Waals surface area contributed by atoms with Gasteiger partial charge in [0.25, 0.3) is 0 Å². The van der Waals surface area contributed by atoms with E-state index in [4.69, 9.17) is 23.2 Å². The number of Topliss-reactive ketones (excluding diaryl/α,β-unsaturated/α-hetero) is 1. The van der Waals surface area contributed by atoms with E-state index in [-0.39, 0.29) is 5.78 Å². The van der Waals surface area contributed by atoms with Gasteiger partial charge >= 0.3 is 0 Å². The minimum absolute atomic E-state index is 0.0869. The van der Waals surface area contributed by atoms with Crippen molar-refractivity contribution in [3.05, 3.63) is 22.9 Å². The van der Waals surface area contributed by atoms with Crippen LogP contribution >= 0.6 is 23.2 Å². The maximum atomic E-state index is 11.1. The normalized spacial score (nSPS) is 23.3. The molecular weight excluding hydrogens is 197 g/mol. The third kappa shape index (κ3) is 1.65. The highest BCUT2D eigenvalue weighted by atomic mass is 35.5. The monoisotopic (exact) mass is 205 g/mol. The summed E-state index contributed by atoms with van der Waals surface area (Å²) in [6, 6.07) is 0. The van der Waals surface area contributed by atoms with Gasteiger partial charge in [0.2, 0.25) is 0 Å². The molecule has 0 bridgehead atoms. The first kappa shape index (κ1) is 9.62. The first-order valence-corrected chi connectivity index (χ1v) is 4.30. The summed E-state index contributed by atoms with van der Waals surface area (Å²) in [5.74, 6) is -0.0869. The summed E-state index contributed by atoms with van der Waals surface area (Å²) < 4.78 is 0. The van der Waals surface area contributed by atoms with Crippen LogP contribution in [-0.4, -0.2) is 23.2 Å². The Morgan fingerprint density at radius 3 is 2.67 bits per heavy atom. The molecule has 0 fully saturated rings. The van der Waals surface area contributed by atoms with Crippen molar-refractivity contribution in [2.45, 2.75) is 12.4 Å². The maximum Gasteiger partial charge on any atom is 0.160 e. The fraction of sp³-hybridized carbons (Fsp3) is 0.375. The average Bonchev–Trinajstić information content (AvgIpc) is 1.97. The quantitative estimate of drug-likeness (QED) is 0.483. The summed E-state index contributed by atoms with van der Waals surface area (Å²) in [6.45, 7) is 1.46. The summed E-state index contributed by atoms with van der Waals surface area (Å²) in [7, 11) is 1.79. The summed E-state index contributed by atoms with van der Waals surface area (Å²) in [4.78, 5) is 12.8. The summed E-state index contributed by atoms with van der Waals surface area (Å²) in [6.07, 6.45) is 3.41. The van der Waals surface area contributed by atoms with E-state index in [1.165, 1.54) is 6.92 Å². The van der Waals surface area contributed by atoms with Gasteiger partial charge in [0.15, 0.2) is 5.78 Å². The summed E-state index contributed by atoms with van der Waals surface area (Å²) >= 11 is 11.7. The first-order valence-electron chi connectivity index (χ1n) is 3.49. The average molecular weight is 206 g/mol. The minimum atomic E-state index is -0.444. The number of halogens is 2. The van der Waals surface area contributed by atoms with Crippen molar-refractivity contribution in [3.8, 4) is 0 Å². The Kier molecular flexibility index (Phi) is 2.80. The van der Waals surface area contributed by atoms with Crippen molar-refractivity contribution in [1.29, 1.82) is 0 Å². The van der Waals surface area contributed by atoms with Crippen molar-refractivity contribution in [2.75, 3.05) is 7.05 Å². The molecule has 1 aliphatic rings. The molecule has 0 spiro atoms. The SMILES string of the molecule is CC(=O)C1=C(Cl)C=CN(C)C1Cl. The van der Waals surface area contributed by atoms with Gasteiger partial charge in [-0.3, -0.25) is 4.79 Å². The predicted molar refractivity (Wildman–Crippen MR) is 50.1 cm³/mol. The lowest BCUT2D eigenvalue weighted by Crippen LogP contribution is -2.29. The highest BCUT2D eigenvalue weighted by Gasteiger charge is 2.23. The Morgan fingerprint density at radius 2 is 2.25 bits per heavy atom. The van der Waals surface area contributed by atoms with E-state index < -0.39 is 5.50 Å². The molecule has 1 atom stereocenters. The van der Waals surface area contributed by atoms with Gasteiger partial charge in [-0.1, -0.05) is 23.2 Å². The minimum Gasteiger partial charge on any atom is -0.361 e. The van der Waals surface area contributed by atoms with Crippen LogP contribution in [0.3, 0.4) is 0 Å². The Hall–Kier alpha value is -0.470. The second-order valence-electron chi connectivity index (χ2n) is 2.63. The highest BCUT2D eigenvalue weighted by Crippen LogP contribution is 2.26. The number of carbonyl (C=O) groups excluding carboxylic acids is 1. The topological polar surface area (TPSA) is 20.3 Å². The van der Waals surface area contributed by atoms with E-state index >= 15 is 0 Å². The molecule has 1 rings (SSSR count). The van der Waals surface area contributed by atoms with E-state index in [2.05, 4.69) is 0 Å². The smallest absolute Gasteiger partial charge is 0.160 e. The second kappa shape index (κ2) is 3.50. The largest absolute Gasteiger partial charge is 0.361 e. The molecule has 1 heterocycles. The van der Waals surface area contributed by atoms with Crippen LogP contribution < -0.4 is 0 Å². The van der Waals surface area contributed by atoms with Gasteiger partial charge < -0.3 is 4.90 Å². The second-order valence-corrected chi connectivity index (χ2v) is 3.46. The van der Waals surface area contributed by atoms with Crippen LogP contribution in [0.4, 0.5) is 0 Å². The molecule has 0 radical (unpaired) electrons. The van der Waals surface area contributed by atoms with Gasteiger partial charge in [0.05, 0.1) is 10.6 Å². The number of rotatable bonds is 1. The van der Waals surface area contributed by atoms with Gasteiger partial charge in [0, 0.05) is 13.2 Å². The number of ketones is 1. The van der Waals surface area contributed by atoms with Crippen molar-refractivity contribution >= 4 is 29.0 Å². The zero-order chi connectivity index (χ0) is 9.30. The molecule has 12 heavy (non-hydrogen) atoms. The fourth-order valence-electron chi connectivity index (χ4n) is 1.00. The Labute approximate surface area is 81.4 Å². The molecular formula is C8H9Cl2NO. The predicted octanol–water partition coefficient (Wildman–Crippen LogP) is 2.09. The molecule has 0 aliphatic carbocycles. The standard InChI is InChI=1S/C8H9Cl2NO/c1-5(12)7-6(9)3-4-11(2)8(7)10/h3-4,8H,1-2H3. The third-order valence-electron chi connectivity index (χ3n) is 1.69. The number of carbonyl (C=O) groups is 1. The van der Waals surface area contributed by atoms with Crippen LogP contribution in [-0.2, 0) is 4.79 Å². The number of alkyl halides is 1. The van der Waals surface area contributed by atoms with Crippen LogP contribution in [0, 0.1) is 0 Å². The number of hydrogen-bond acceptors (Lipinski definition) is 2. The maximum absolute atomic E-state index is 11.1. The van der Waals surface area contributed by atoms with E-state index in [0.29, 0.717) is 10.6 Å². The van der Waals surface area contributed by atoms with E-state index in [1.807, 2.05) is 0 Å². The summed E-state index contributed by atoms with van der Waals surface area (Å²) in [5, 5.41) is 0.431. The molecule has 0 saturated carbocycles. The fourth-order valence-corrected chi connectivity index (χ4v) is 1.69. The molecule has 0 aromatic heterocycles. The van der Waals surface area contributed by atoms with Crippen LogP contribution in [0.2, 0.25) is 0 Å². The number of allylic oxidation sites excluding steroid dienone is 2. The van der Waals surface area contributed by atoms with Crippen LogP contribution in [0.25, 0.3) is 0 Å². The molecule has 0 amide bonds. The van der Waals surface area contributed by atoms with Crippen molar-refractivity contribution in [3.63, 3.8) is 0 Å². The van der Waals surface area contributed by atoms with Crippen molar-refractivity contribution in [1.82, 2.24) is 4.90 Å². The molecule has 2 nitrogen and oxygen atoms in total.